The molecule has 0 saturated heterocycles. The van der Waals surface area contributed by atoms with E-state index in [1.807, 2.05) is 81.4 Å². The van der Waals surface area contributed by atoms with Gasteiger partial charge in [-0.2, -0.15) is 33.3 Å². The van der Waals surface area contributed by atoms with Crippen molar-refractivity contribution in [3.8, 4) is 52.0 Å². The van der Waals surface area contributed by atoms with Crippen LogP contribution in [0.15, 0.2) is 184 Å². The van der Waals surface area contributed by atoms with E-state index in [-0.39, 0.29) is 59.9 Å². The van der Waals surface area contributed by atoms with Gasteiger partial charge in [-0.3, -0.25) is 29.4 Å². The number of fused-ring (bicyclic) bond motifs is 4. The van der Waals surface area contributed by atoms with Crippen molar-refractivity contribution in [2.75, 3.05) is 19.0 Å². The van der Waals surface area contributed by atoms with Gasteiger partial charge in [-0.05, 0) is 69.1 Å². The number of rotatable bonds is 15. The molecule has 27 nitrogen and oxygen atoms in total. The highest BCUT2D eigenvalue weighted by molar-refractivity contribution is 14.1. The van der Waals surface area contributed by atoms with Crippen molar-refractivity contribution in [1.29, 1.82) is 0 Å². The van der Waals surface area contributed by atoms with Crippen LogP contribution in [0.4, 0.5) is 45.5 Å². The normalized spacial score (nSPS) is 13.2. The lowest BCUT2D eigenvalue weighted by Crippen LogP contribution is -2.10. The van der Waals surface area contributed by atoms with Gasteiger partial charge in [-0.25, -0.2) is 81.2 Å². The largest absolute Gasteiger partial charge is 0.451 e. The number of hydrogen-bond acceptors (Lipinski definition) is 18. The van der Waals surface area contributed by atoms with Crippen LogP contribution in [-0.2, 0) is 31.9 Å². The van der Waals surface area contributed by atoms with E-state index >= 15 is 0 Å². The van der Waals surface area contributed by atoms with Crippen LogP contribution >= 0.6 is 22.6 Å². The maximum atomic E-state index is 14.1. The molecular formula is C69H51F9IN27. The maximum absolute atomic E-state index is 14.1. The number of H-pyrrole nitrogens is 4. The van der Waals surface area contributed by atoms with E-state index in [0.717, 1.165) is 0 Å². The molecule has 0 amide bonds. The van der Waals surface area contributed by atoms with Crippen molar-refractivity contribution in [2.45, 2.75) is 50.1 Å². The highest BCUT2D eigenvalue weighted by Gasteiger charge is 2.59. The lowest BCUT2D eigenvalue weighted by molar-refractivity contribution is -0.144. The van der Waals surface area contributed by atoms with Gasteiger partial charge in [-0.15, -0.1) is 10.2 Å². The van der Waals surface area contributed by atoms with Gasteiger partial charge in [0.05, 0.1) is 34.9 Å². The smallest absolute Gasteiger partial charge is 0.346 e. The molecular weight excluding hydrogens is 1500 g/mol. The summed E-state index contributed by atoms with van der Waals surface area (Å²) in [6.45, 7) is 0. The molecule has 1 fully saturated rings. The topological polar surface area (TPSA) is 308 Å². The maximum Gasteiger partial charge on any atom is 0.451 e. The SMILES string of the molecule is CN(C)c1n[nH]c(-c2cn3ccnc3c(Cc3ccccc3F)n2)n1.Fc1ccccc1Cc1nc(-c2n[nH]c(C(F)(F)F)n2)cn2c(I)cnc12.Fc1ccccc1Cc1nc(-c2n[nH]c(C3CC3(F)F)n2)cn2ccnc12.Fc1ccccc1Cc1nc(-c2nc(-n3ccnc3)n[nH]2)cn2ccnc12. The molecule has 0 spiro atoms. The summed E-state index contributed by atoms with van der Waals surface area (Å²) in [5.41, 5.74) is 8.47. The van der Waals surface area contributed by atoms with Crippen molar-refractivity contribution in [3.63, 3.8) is 0 Å². The molecule has 13 aromatic heterocycles. The second kappa shape index (κ2) is 28.7. The summed E-state index contributed by atoms with van der Waals surface area (Å²) < 4.78 is 131. The van der Waals surface area contributed by atoms with Gasteiger partial charge in [-0.1, -0.05) is 72.8 Å². The number of halogens is 10. The van der Waals surface area contributed by atoms with E-state index < -0.39 is 29.7 Å². The van der Waals surface area contributed by atoms with Gasteiger partial charge in [0.2, 0.25) is 23.4 Å². The minimum absolute atomic E-state index is 0.119. The molecule has 18 rings (SSSR count). The molecule has 0 radical (unpaired) electrons. The van der Waals surface area contributed by atoms with Crippen LogP contribution in [0.25, 0.3) is 74.6 Å². The number of nitrogens with one attached hydrogen (secondary N) is 4. The Balaban J connectivity index is 0.000000113. The van der Waals surface area contributed by atoms with E-state index in [1.165, 1.54) is 30.5 Å². The monoisotopic (exact) mass is 1560 g/mol. The minimum Gasteiger partial charge on any atom is -0.346 e. The Hall–Kier alpha value is -13.0. The predicted molar refractivity (Wildman–Crippen MR) is 372 cm³/mol. The zero-order valence-corrected chi connectivity index (χ0v) is 57.2. The number of imidazole rings is 5. The molecule has 1 aliphatic carbocycles. The van der Waals surface area contributed by atoms with Gasteiger partial charge in [0.15, 0.2) is 34.2 Å². The molecule has 13 heterocycles. The Morgan fingerprint density at radius 2 is 0.934 bits per heavy atom. The molecule has 17 aromatic rings. The van der Waals surface area contributed by atoms with E-state index in [0.29, 0.717) is 125 Å². The number of nitrogens with zero attached hydrogens (tertiary/aromatic N) is 23. The molecule has 37 heteroatoms. The van der Waals surface area contributed by atoms with Crippen molar-refractivity contribution in [1.82, 2.24) is 128 Å². The molecule has 106 heavy (non-hydrogen) atoms. The Kier molecular flexibility index (Phi) is 18.6. The summed E-state index contributed by atoms with van der Waals surface area (Å²) in [5.74, 6) is -3.86. The Morgan fingerprint density at radius 3 is 1.39 bits per heavy atom. The number of aromatic nitrogens is 26. The van der Waals surface area contributed by atoms with Crippen molar-refractivity contribution >= 4 is 51.1 Å². The summed E-state index contributed by atoms with van der Waals surface area (Å²) in [6.07, 6.45) is 19.9. The molecule has 1 atom stereocenters. The second-order valence-corrected chi connectivity index (χ2v) is 25.1. The number of benzene rings is 4. The third-order valence-corrected chi connectivity index (χ3v) is 17.3. The zero-order valence-electron chi connectivity index (χ0n) is 55.0. The third kappa shape index (κ3) is 14.7. The molecule has 4 aromatic carbocycles. The summed E-state index contributed by atoms with van der Waals surface area (Å²) in [5, 5.41) is 26.2. The third-order valence-electron chi connectivity index (χ3n) is 16.5. The average molecular weight is 1560 g/mol. The summed E-state index contributed by atoms with van der Waals surface area (Å²) in [6, 6.07) is 26.0. The summed E-state index contributed by atoms with van der Waals surface area (Å²) in [4.78, 5) is 57.7. The molecule has 1 saturated carbocycles. The fraction of sp³-hybridized carbons (Fsp3) is 0.145. The van der Waals surface area contributed by atoms with Crippen LogP contribution in [-0.4, -0.2) is 148 Å². The molecule has 0 bridgehead atoms. The minimum atomic E-state index is -4.64. The average Bonchev–Trinajstić information content (AvgIpc) is 1.58. The standard InChI is InChI=1S/C18H13F3N6.C18H13FN8.C17H16FN7.C16H9F4IN6/c19-12-4-2-1-3-10(12)7-13-17-22-5-6-27(17)9-14(23-13)16-24-15(25-26-16)11-8-18(11,20)21;19-13-4-2-1-3-12(13)9-14-17-21-6-8-26(17)10-15(22-14)16-23-18(25-24-16)27-7-5-20-11-27;1-24(2)17-21-15(22-23-17)14-10-25-8-7-19-16(25)13(20-14)9-11-5-3-4-6-12(11)18;17-9-4-2-1-3-8(9)5-10-14-22-6-12(21)27(14)7-11(23-10)13-24-15(26-25-13)16(18,19)20/h1-6,9,11H,7-8H2,(H,24,25,26);1-8,10-11H,9H2,(H,23,24,25);3-8,10H,9H2,1-2H3,(H,21,22,23);1-4,6-7H,5H2,(H,24,25,26). The lowest BCUT2D eigenvalue weighted by Gasteiger charge is -2.07. The van der Waals surface area contributed by atoms with E-state index in [1.54, 1.807) is 141 Å². The molecule has 1 aliphatic rings. The number of anilines is 1. The number of alkyl halides is 5. The fourth-order valence-electron chi connectivity index (χ4n) is 11.2. The highest BCUT2D eigenvalue weighted by atomic mass is 127. The lowest BCUT2D eigenvalue weighted by atomic mass is 10.1. The fourth-order valence-corrected chi connectivity index (χ4v) is 11.7. The van der Waals surface area contributed by atoms with Crippen LogP contribution in [0.3, 0.4) is 0 Å². The Bertz CT molecular complexity index is 5990. The first-order valence-electron chi connectivity index (χ1n) is 32.0. The summed E-state index contributed by atoms with van der Waals surface area (Å²) in [7, 11) is 3.73. The van der Waals surface area contributed by atoms with Crippen LogP contribution in [0.2, 0.25) is 0 Å². The quantitative estimate of drug-likeness (QED) is 0.0547. The van der Waals surface area contributed by atoms with Crippen LogP contribution in [0, 0.1) is 27.0 Å². The Labute approximate surface area is 604 Å². The molecule has 0 aliphatic heterocycles. The van der Waals surface area contributed by atoms with Crippen molar-refractivity contribution in [2.24, 2.45) is 0 Å². The van der Waals surface area contributed by atoms with Gasteiger partial charge >= 0.3 is 6.18 Å². The van der Waals surface area contributed by atoms with Gasteiger partial charge in [0, 0.05) is 121 Å². The first kappa shape index (κ1) is 68.8. The van der Waals surface area contributed by atoms with Crippen molar-refractivity contribution in [3.05, 3.63) is 268 Å². The van der Waals surface area contributed by atoms with Gasteiger partial charge in [0.1, 0.15) is 61.9 Å². The van der Waals surface area contributed by atoms with E-state index in [2.05, 4.69) is 100 Å². The first-order chi connectivity index (χ1) is 51.2. The highest BCUT2D eigenvalue weighted by Crippen LogP contribution is 2.54. The first-order valence-corrected chi connectivity index (χ1v) is 33.1. The van der Waals surface area contributed by atoms with Crippen LogP contribution < -0.4 is 4.90 Å². The van der Waals surface area contributed by atoms with Crippen LogP contribution in [0.1, 0.15) is 69.0 Å². The number of hydrogen-bond donors (Lipinski definition) is 4. The van der Waals surface area contributed by atoms with Gasteiger partial charge in [0.25, 0.3) is 11.9 Å². The van der Waals surface area contributed by atoms with Crippen molar-refractivity contribution < 1.29 is 39.5 Å². The zero-order chi connectivity index (χ0) is 73.4. The molecule has 532 valence electrons. The number of aromatic amines is 4. The van der Waals surface area contributed by atoms with Gasteiger partial charge < -0.3 is 18.1 Å². The predicted octanol–water partition coefficient (Wildman–Crippen LogP) is 12.0. The Morgan fingerprint density at radius 1 is 0.491 bits per heavy atom. The molecule has 1 unspecified atom stereocenters. The molecule has 4 N–H and O–H groups in total. The van der Waals surface area contributed by atoms with Crippen LogP contribution in [0.5, 0.6) is 0 Å². The van der Waals surface area contributed by atoms with E-state index in [9.17, 15) is 39.5 Å². The second-order valence-electron chi connectivity index (χ2n) is 24.0. The van der Waals surface area contributed by atoms with E-state index in [4.69, 9.17) is 0 Å². The summed E-state index contributed by atoms with van der Waals surface area (Å²) >= 11 is 2.03.